The summed E-state index contributed by atoms with van der Waals surface area (Å²) in [5.41, 5.74) is 2.04. The highest BCUT2D eigenvalue weighted by Gasteiger charge is 2.29. The maximum Gasteiger partial charge on any atom is 0.261 e. The number of nitrogens with one attached hydrogen (secondary N) is 2. The average Bonchev–Trinajstić information content (AvgIpc) is 2.84. The van der Waals surface area contributed by atoms with Crippen molar-refractivity contribution in [2.24, 2.45) is 0 Å². The van der Waals surface area contributed by atoms with Gasteiger partial charge >= 0.3 is 0 Å². The normalized spacial score (nSPS) is 12.2. The van der Waals surface area contributed by atoms with Gasteiger partial charge in [-0.2, -0.15) is 0 Å². The van der Waals surface area contributed by atoms with Crippen molar-refractivity contribution in [2.75, 3.05) is 5.32 Å². The molecule has 0 fully saturated rings. The van der Waals surface area contributed by atoms with E-state index in [9.17, 15) is 9.59 Å². The van der Waals surface area contributed by atoms with E-state index in [-0.39, 0.29) is 5.91 Å². The fourth-order valence-corrected chi connectivity index (χ4v) is 2.78. The highest BCUT2D eigenvalue weighted by molar-refractivity contribution is 6.36. The number of carbonyl (C=O) groups excluding carboxylic acids is 2. The number of benzene rings is 2. The van der Waals surface area contributed by atoms with Crippen molar-refractivity contribution in [2.45, 2.75) is 20.4 Å². The largest absolute Gasteiger partial charge is 0.380 e. The van der Waals surface area contributed by atoms with Gasteiger partial charge in [-0.3, -0.25) is 14.9 Å². The van der Waals surface area contributed by atoms with Crippen molar-refractivity contribution in [1.82, 2.24) is 5.32 Å². The van der Waals surface area contributed by atoms with E-state index >= 15 is 0 Å². The first-order valence-corrected chi connectivity index (χ1v) is 7.99. The zero-order valence-electron chi connectivity index (χ0n) is 12.7. The van der Waals surface area contributed by atoms with Crippen molar-refractivity contribution in [3.8, 4) is 0 Å². The lowest BCUT2D eigenvalue weighted by Crippen LogP contribution is -2.20. The van der Waals surface area contributed by atoms with E-state index in [2.05, 4.69) is 10.6 Å². The van der Waals surface area contributed by atoms with Crippen LogP contribution in [-0.4, -0.2) is 11.8 Å². The van der Waals surface area contributed by atoms with Crippen LogP contribution in [0.2, 0.25) is 10.0 Å². The van der Waals surface area contributed by atoms with Gasteiger partial charge in [-0.15, -0.1) is 0 Å². The molecule has 0 aromatic heterocycles. The number of rotatable bonds is 3. The second-order valence-electron chi connectivity index (χ2n) is 4.57. The molecule has 0 unspecified atom stereocenters. The number of halogens is 2. The summed E-state index contributed by atoms with van der Waals surface area (Å²) in [7, 11) is 0. The Labute approximate surface area is 144 Å². The van der Waals surface area contributed by atoms with Crippen LogP contribution in [0, 0.1) is 0 Å². The van der Waals surface area contributed by atoms with Crippen molar-refractivity contribution >= 4 is 40.7 Å². The molecule has 2 aromatic rings. The van der Waals surface area contributed by atoms with E-state index < -0.39 is 5.91 Å². The Balaban J connectivity index is 0.000000924. The molecule has 0 saturated heterocycles. The zero-order chi connectivity index (χ0) is 17.0. The average molecular weight is 351 g/mol. The molecule has 2 aromatic carbocycles. The van der Waals surface area contributed by atoms with Crippen LogP contribution in [0.5, 0.6) is 0 Å². The molecule has 0 bridgehead atoms. The summed E-state index contributed by atoms with van der Waals surface area (Å²) in [5.74, 6) is -0.780. The van der Waals surface area contributed by atoms with Crippen LogP contribution in [0.1, 0.15) is 40.1 Å². The van der Waals surface area contributed by atoms with Crippen LogP contribution < -0.4 is 10.6 Å². The van der Waals surface area contributed by atoms with E-state index in [1.54, 1.807) is 36.4 Å². The van der Waals surface area contributed by atoms with Gasteiger partial charge in [-0.25, -0.2) is 0 Å². The first-order valence-electron chi connectivity index (χ1n) is 7.23. The Morgan fingerprint density at radius 2 is 1.57 bits per heavy atom. The molecule has 2 N–H and O–H groups in total. The number of fused-ring (bicyclic) bond motifs is 1. The standard InChI is InChI=1S/C15H10Cl2N2O2.C2H6/c16-10-4-2-5-11(17)9(10)7-18-12-6-1-3-8-13(12)15(21)19-14(8)20;1-2/h1-6,18H,7H2,(H,19,20,21);1-2H3. The van der Waals surface area contributed by atoms with Crippen molar-refractivity contribution in [3.63, 3.8) is 0 Å². The van der Waals surface area contributed by atoms with Crippen molar-refractivity contribution in [1.29, 1.82) is 0 Å². The van der Waals surface area contributed by atoms with Crippen LogP contribution in [0.25, 0.3) is 0 Å². The molecule has 0 spiro atoms. The van der Waals surface area contributed by atoms with Gasteiger partial charge < -0.3 is 5.32 Å². The summed E-state index contributed by atoms with van der Waals surface area (Å²) in [6.45, 7) is 4.36. The van der Waals surface area contributed by atoms with Crippen LogP contribution >= 0.6 is 23.2 Å². The van der Waals surface area contributed by atoms with Gasteiger partial charge in [0.1, 0.15) is 0 Å². The van der Waals surface area contributed by atoms with Gasteiger partial charge in [0, 0.05) is 27.8 Å². The topological polar surface area (TPSA) is 58.2 Å². The molecule has 0 aliphatic carbocycles. The van der Waals surface area contributed by atoms with Gasteiger partial charge in [-0.05, 0) is 24.3 Å². The Morgan fingerprint density at radius 1 is 0.957 bits per heavy atom. The van der Waals surface area contributed by atoms with E-state index in [0.29, 0.717) is 33.4 Å². The zero-order valence-corrected chi connectivity index (χ0v) is 14.3. The molecule has 4 nitrogen and oxygen atoms in total. The SMILES string of the molecule is CC.O=C1NC(=O)c2c(NCc3c(Cl)cccc3Cl)cccc21. The summed E-state index contributed by atoms with van der Waals surface area (Å²) in [6, 6.07) is 10.3. The van der Waals surface area contributed by atoms with Crippen LogP contribution in [-0.2, 0) is 6.54 Å². The van der Waals surface area contributed by atoms with E-state index in [1.165, 1.54) is 0 Å². The minimum absolute atomic E-state index is 0.352. The lowest BCUT2D eigenvalue weighted by Gasteiger charge is -2.11. The van der Waals surface area contributed by atoms with E-state index in [1.807, 2.05) is 13.8 Å². The second-order valence-corrected chi connectivity index (χ2v) is 5.38. The highest BCUT2D eigenvalue weighted by atomic mass is 35.5. The van der Waals surface area contributed by atoms with E-state index in [4.69, 9.17) is 23.2 Å². The first kappa shape index (κ1) is 17.3. The minimum atomic E-state index is -0.400. The third-order valence-electron chi connectivity index (χ3n) is 3.28. The highest BCUT2D eigenvalue weighted by Crippen LogP contribution is 2.28. The number of amides is 2. The predicted molar refractivity (Wildman–Crippen MR) is 93.4 cm³/mol. The molecule has 6 heteroatoms. The number of imide groups is 1. The summed E-state index contributed by atoms with van der Waals surface area (Å²) >= 11 is 12.2. The second kappa shape index (κ2) is 7.49. The van der Waals surface area contributed by atoms with Crippen molar-refractivity contribution < 1.29 is 9.59 Å². The monoisotopic (exact) mass is 350 g/mol. The third kappa shape index (κ3) is 3.49. The maximum atomic E-state index is 11.8. The number of hydrogen-bond acceptors (Lipinski definition) is 3. The van der Waals surface area contributed by atoms with Crippen LogP contribution in [0.3, 0.4) is 0 Å². The molecular weight excluding hydrogens is 335 g/mol. The lowest BCUT2D eigenvalue weighted by molar-refractivity contribution is 0.0880. The van der Waals surface area contributed by atoms with Gasteiger partial charge in [-0.1, -0.05) is 49.2 Å². The van der Waals surface area contributed by atoms with Gasteiger partial charge in [0.2, 0.25) is 0 Å². The first-order chi connectivity index (χ1) is 11.1. The number of anilines is 1. The molecule has 0 atom stereocenters. The molecule has 1 heterocycles. The summed E-state index contributed by atoms with van der Waals surface area (Å²) in [4.78, 5) is 23.4. The Hall–Kier alpha value is -2.04. The lowest BCUT2D eigenvalue weighted by atomic mass is 10.1. The minimum Gasteiger partial charge on any atom is -0.380 e. The predicted octanol–water partition coefficient (Wildman–Crippen LogP) is 4.52. The summed E-state index contributed by atoms with van der Waals surface area (Å²) in [6.07, 6.45) is 0. The van der Waals surface area contributed by atoms with Gasteiger partial charge in [0.15, 0.2) is 0 Å². The Kier molecular flexibility index (Phi) is 5.64. The molecular formula is C17H16Cl2N2O2. The molecule has 2 amide bonds. The Bertz CT molecular complexity index is 740. The molecule has 0 radical (unpaired) electrons. The molecule has 1 aliphatic rings. The molecule has 120 valence electrons. The smallest absolute Gasteiger partial charge is 0.261 e. The molecule has 23 heavy (non-hydrogen) atoms. The molecule has 0 saturated carbocycles. The summed E-state index contributed by atoms with van der Waals surface area (Å²) in [5, 5.41) is 6.47. The maximum absolute atomic E-state index is 11.8. The molecule has 3 rings (SSSR count). The van der Waals surface area contributed by atoms with Gasteiger partial charge in [0.25, 0.3) is 11.8 Å². The number of carbonyl (C=O) groups is 2. The number of hydrogen-bond donors (Lipinski definition) is 2. The quantitative estimate of drug-likeness (QED) is 0.800. The molecule has 1 aliphatic heterocycles. The van der Waals surface area contributed by atoms with Crippen molar-refractivity contribution in [3.05, 3.63) is 63.1 Å². The summed E-state index contributed by atoms with van der Waals surface area (Å²) < 4.78 is 0. The Morgan fingerprint density at radius 3 is 2.22 bits per heavy atom. The van der Waals surface area contributed by atoms with E-state index in [0.717, 1.165) is 5.56 Å². The van der Waals surface area contributed by atoms with Crippen LogP contribution in [0.15, 0.2) is 36.4 Å². The fraction of sp³-hybridized carbons (Fsp3) is 0.176. The third-order valence-corrected chi connectivity index (χ3v) is 3.99. The van der Waals surface area contributed by atoms with Crippen LogP contribution in [0.4, 0.5) is 5.69 Å². The van der Waals surface area contributed by atoms with Gasteiger partial charge in [0.05, 0.1) is 11.1 Å². The fourth-order valence-electron chi connectivity index (χ4n) is 2.25.